The second kappa shape index (κ2) is 9.31. The van der Waals surface area contributed by atoms with Gasteiger partial charge >= 0.3 is 0 Å². The lowest BCUT2D eigenvalue weighted by Gasteiger charge is -2.38. The monoisotopic (exact) mass is 500 g/mol. The summed E-state index contributed by atoms with van der Waals surface area (Å²) in [4.78, 5) is 19.8. The van der Waals surface area contributed by atoms with Gasteiger partial charge in [0, 0.05) is 49.1 Å². The highest BCUT2D eigenvalue weighted by Crippen LogP contribution is 2.34. The van der Waals surface area contributed by atoms with E-state index >= 15 is 0 Å². The number of nitriles is 1. The first-order valence-electron chi connectivity index (χ1n) is 12.8. The Kier molecular flexibility index (Phi) is 5.80. The fraction of sp³-hybridized carbons (Fsp3) is 0.226. The van der Waals surface area contributed by atoms with E-state index in [1.165, 1.54) is 0 Å². The number of carbonyl (C=O) groups excluding carboxylic acids is 1. The van der Waals surface area contributed by atoms with Crippen LogP contribution in [-0.4, -0.2) is 43.1 Å². The molecule has 2 aromatic carbocycles. The van der Waals surface area contributed by atoms with Crippen LogP contribution < -0.4 is 0 Å². The third-order valence-corrected chi connectivity index (χ3v) is 7.77. The van der Waals surface area contributed by atoms with Crippen molar-refractivity contribution < 1.29 is 4.79 Å². The van der Waals surface area contributed by atoms with Gasteiger partial charge in [0.25, 0.3) is 5.91 Å². The summed E-state index contributed by atoms with van der Waals surface area (Å²) in [5, 5.41) is 13.7. The molecule has 1 fully saturated rings. The summed E-state index contributed by atoms with van der Waals surface area (Å²) in [5.41, 5.74) is 7.32. The quantitative estimate of drug-likeness (QED) is 0.328. The molecule has 5 aromatic rings. The Labute approximate surface area is 221 Å². The number of hydrogen-bond acceptors (Lipinski definition) is 4. The number of likely N-dealkylation sites (tertiary alicyclic amines) is 1. The molecule has 0 unspecified atom stereocenters. The molecule has 38 heavy (non-hydrogen) atoms. The Morgan fingerprint density at radius 1 is 0.921 bits per heavy atom. The molecule has 0 atom stereocenters. The molecule has 0 bridgehead atoms. The summed E-state index contributed by atoms with van der Waals surface area (Å²) < 4.78 is 3.90. The number of pyridine rings is 1. The number of amides is 1. The highest BCUT2D eigenvalue weighted by atomic mass is 16.2. The third kappa shape index (κ3) is 4.24. The van der Waals surface area contributed by atoms with E-state index in [0.717, 1.165) is 59.7 Å². The molecule has 6 rings (SSSR count). The molecule has 4 heterocycles. The Balaban J connectivity index is 1.19. The molecule has 0 radical (unpaired) electrons. The minimum atomic E-state index is 0.00444. The van der Waals surface area contributed by atoms with Gasteiger partial charge in [-0.3, -0.25) is 13.9 Å². The van der Waals surface area contributed by atoms with Crippen molar-refractivity contribution in [1.29, 1.82) is 5.26 Å². The van der Waals surface area contributed by atoms with E-state index in [9.17, 15) is 4.79 Å². The van der Waals surface area contributed by atoms with E-state index in [2.05, 4.69) is 39.7 Å². The SMILES string of the molecule is Cn1ccc(C2(C)CCN(C(=O)c3ccc(-c4ccc5ncc(-c6ccc(C#N)cc6)n5c4)cc3)CC2)n1. The number of rotatable bonds is 4. The first-order chi connectivity index (χ1) is 18.4. The summed E-state index contributed by atoms with van der Waals surface area (Å²) in [6.45, 7) is 3.70. The molecule has 7 nitrogen and oxygen atoms in total. The summed E-state index contributed by atoms with van der Waals surface area (Å²) >= 11 is 0. The standard InChI is InChI=1S/C31H28N6O/c1-31(28-13-16-35(2)34-28)14-17-36(18-15-31)30(38)25-9-7-23(8-10-25)26-11-12-29-33-20-27(37(29)21-26)24-5-3-22(19-32)4-6-24/h3-13,16,20-21H,14-15,17-18H2,1-2H3. The molecule has 0 N–H and O–H groups in total. The van der Waals surface area contributed by atoms with Crippen molar-refractivity contribution in [2.45, 2.75) is 25.2 Å². The largest absolute Gasteiger partial charge is 0.339 e. The van der Waals surface area contributed by atoms with Gasteiger partial charge in [0.05, 0.1) is 29.2 Å². The summed E-state index contributed by atoms with van der Waals surface area (Å²) in [7, 11) is 1.94. The van der Waals surface area contributed by atoms with Gasteiger partial charge in [-0.1, -0.05) is 31.2 Å². The first kappa shape index (κ1) is 23.7. The molecule has 0 spiro atoms. The summed E-state index contributed by atoms with van der Waals surface area (Å²) in [6.07, 6.45) is 7.70. The first-order valence-corrected chi connectivity index (χ1v) is 12.8. The number of nitrogens with zero attached hydrogens (tertiary/aromatic N) is 6. The highest BCUT2D eigenvalue weighted by Gasteiger charge is 2.35. The van der Waals surface area contributed by atoms with Gasteiger partial charge < -0.3 is 4.90 Å². The van der Waals surface area contributed by atoms with Crippen LogP contribution in [0.2, 0.25) is 0 Å². The second-order valence-corrected chi connectivity index (χ2v) is 10.3. The number of hydrogen-bond donors (Lipinski definition) is 0. The number of piperidine rings is 1. The van der Waals surface area contributed by atoms with Crippen molar-refractivity contribution in [2.24, 2.45) is 7.05 Å². The lowest BCUT2D eigenvalue weighted by Crippen LogP contribution is -2.44. The van der Waals surface area contributed by atoms with Gasteiger partial charge in [-0.15, -0.1) is 0 Å². The van der Waals surface area contributed by atoms with E-state index in [0.29, 0.717) is 11.1 Å². The molecule has 3 aromatic heterocycles. The van der Waals surface area contributed by atoms with Gasteiger partial charge in [-0.05, 0) is 66.4 Å². The lowest BCUT2D eigenvalue weighted by molar-refractivity contribution is 0.0673. The second-order valence-electron chi connectivity index (χ2n) is 10.3. The van der Waals surface area contributed by atoms with Gasteiger partial charge in [0.15, 0.2) is 0 Å². The number of aromatic nitrogens is 4. The van der Waals surface area contributed by atoms with E-state index in [1.807, 2.05) is 89.7 Å². The molecule has 1 saturated heterocycles. The zero-order valence-corrected chi connectivity index (χ0v) is 21.5. The van der Waals surface area contributed by atoms with Gasteiger partial charge in [-0.25, -0.2) is 4.98 Å². The number of carbonyl (C=O) groups is 1. The molecule has 0 aliphatic carbocycles. The van der Waals surface area contributed by atoms with E-state index in [1.54, 1.807) is 0 Å². The Morgan fingerprint density at radius 2 is 1.61 bits per heavy atom. The van der Waals surface area contributed by atoms with Crippen LogP contribution in [0.4, 0.5) is 0 Å². The normalized spacial score (nSPS) is 14.9. The Bertz CT molecular complexity index is 1660. The highest BCUT2D eigenvalue weighted by molar-refractivity contribution is 5.94. The Morgan fingerprint density at radius 3 is 2.26 bits per heavy atom. The average Bonchev–Trinajstić information content (AvgIpc) is 3.60. The molecule has 1 aliphatic rings. The van der Waals surface area contributed by atoms with Crippen LogP contribution in [0, 0.1) is 11.3 Å². The molecule has 0 saturated carbocycles. The van der Waals surface area contributed by atoms with Crippen molar-refractivity contribution in [3.8, 4) is 28.5 Å². The molecular formula is C31H28N6O. The lowest BCUT2D eigenvalue weighted by atomic mass is 9.77. The van der Waals surface area contributed by atoms with Crippen LogP contribution in [0.25, 0.3) is 28.0 Å². The van der Waals surface area contributed by atoms with Crippen molar-refractivity contribution in [2.75, 3.05) is 13.1 Å². The molecule has 7 heteroatoms. The van der Waals surface area contributed by atoms with Gasteiger partial charge in [0.1, 0.15) is 5.65 Å². The number of aryl methyl sites for hydroxylation is 1. The maximum absolute atomic E-state index is 13.3. The zero-order valence-electron chi connectivity index (χ0n) is 21.5. The van der Waals surface area contributed by atoms with Crippen LogP contribution >= 0.6 is 0 Å². The fourth-order valence-electron chi connectivity index (χ4n) is 5.26. The predicted molar refractivity (Wildman–Crippen MR) is 146 cm³/mol. The van der Waals surface area contributed by atoms with Gasteiger partial charge in [-0.2, -0.15) is 10.4 Å². The van der Waals surface area contributed by atoms with Crippen LogP contribution in [-0.2, 0) is 12.5 Å². The average molecular weight is 501 g/mol. The Hall–Kier alpha value is -4.70. The number of imidazole rings is 1. The van der Waals surface area contributed by atoms with Crippen LogP contribution in [0.5, 0.6) is 0 Å². The van der Waals surface area contributed by atoms with Crippen molar-refractivity contribution in [1.82, 2.24) is 24.1 Å². The van der Waals surface area contributed by atoms with Crippen LogP contribution in [0.1, 0.15) is 41.4 Å². The van der Waals surface area contributed by atoms with E-state index < -0.39 is 0 Å². The van der Waals surface area contributed by atoms with Gasteiger partial charge in [0.2, 0.25) is 0 Å². The summed E-state index contributed by atoms with van der Waals surface area (Å²) in [5.74, 6) is 0.0767. The minimum Gasteiger partial charge on any atom is -0.339 e. The maximum atomic E-state index is 13.3. The molecule has 188 valence electrons. The molecular weight excluding hydrogens is 472 g/mol. The minimum absolute atomic E-state index is 0.00444. The smallest absolute Gasteiger partial charge is 0.253 e. The van der Waals surface area contributed by atoms with Crippen LogP contribution in [0.3, 0.4) is 0 Å². The molecule has 1 amide bonds. The molecule has 1 aliphatic heterocycles. The van der Waals surface area contributed by atoms with Crippen molar-refractivity contribution in [3.05, 3.63) is 102 Å². The fourth-order valence-corrected chi connectivity index (χ4v) is 5.26. The topological polar surface area (TPSA) is 79.2 Å². The maximum Gasteiger partial charge on any atom is 0.253 e. The summed E-state index contributed by atoms with van der Waals surface area (Å²) in [6, 6.07) is 23.7. The van der Waals surface area contributed by atoms with Crippen LogP contribution in [0.15, 0.2) is 85.3 Å². The zero-order chi connectivity index (χ0) is 26.3. The van der Waals surface area contributed by atoms with E-state index in [-0.39, 0.29) is 11.3 Å². The van der Waals surface area contributed by atoms with E-state index in [4.69, 9.17) is 5.26 Å². The number of fused-ring (bicyclic) bond motifs is 1. The third-order valence-electron chi connectivity index (χ3n) is 7.77. The predicted octanol–water partition coefficient (Wildman–Crippen LogP) is 5.47. The van der Waals surface area contributed by atoms with Crippen molar-refractivity contribution in [3.63, 3.8) is 0 Å². The number of benzene rings is 2. The van der Waals surface area contributed by atoms with Crippen molar-refractivity contribution >= 4 is 11.6 Å².